The number of urea groups is 1. The van der Waals surface area contributed by atoms with E-state index in [1.807, 2.05) is 0 Å². The molecule has 0 aliphatic carbocycles. The van der Waals surface area contributed by atoms with Crippen LogP contribution in [0.25, 0.3) is 0 Å². The van der Waals surface area contributed by atoms with Gasteiger partial charge in [-0.05, 0) is 35.9 Å². The molecule has 0 radical (unpaired) electrons. The summed E-state index contributed by atoms with van der Waals surface area (Å²) in [7, 11) is 1.51. The normalized spacial score (nSPS) is 11.2. The summed E-state index contributed by atoms with van der Waals surface area (Å²) in [6.07, 6.45) is -1.25. The van der Waals surface area contributed by atoms with Crippen molar-refractivity contribution in [2.75, 3.05) is 25.6 Å². The molecule has 2 rings (SSSR count). The van der Waals surface area contributed by atoms with Crippen molar-refractivity contribution in [2.45, 2.75) is 12.7 Å². The van der Waals surface area contributed by atoms with E-state index in [0.29, 0.717) is 13.2 Å². The molecule has 5 nitrogen and oxygen atoms in total. The van der Waals surface area contributed by atoms with Crippen LogP contribution in [0.15, 0.2) is 48.8 Å². The van der Waals surface area contributed by atoms with Crippen molar-refractivity contribution in [3.63, 3.8) is 0 Å². The summed E-state index contributed by atoms with van der Waals surface area (Å²) in [4.78, 5) is 17.8. The maximum atomic E-state index is 12.8. The number of rotatable bonds is 6. The Morgan fingerprint density at radius 2 is 1.96 bits per heavy atom. The fourth-order valence-electron chi connectivity index (χ4n) is 2.14. The molecule has 8 heteroatoms. The van der Waals surface area contributed by atoms with Gasteiger partial charge in [0.05, 0.1) is 12.2 Å². The van der Waals surface area contributed by atoms with E-state index >= 15 is 0 Å². The number of nitrogens with one attached hydrogen (secondary N) is 1. The van der Waals surface area contributed by atoms with E-state index in [9.17, 15) is 18.0 Å². The number of methoxy groups -OCH3 is 1. The second kappa shape index (κ2) is 8.48. The number of hydrogen-bond donors (Lipinski definition) is 1. The zero-order chi connectivity index (χ0) is 18.3. The van der Waals surface area contributed by atoms with E-state index in [1.54, 1.807) is 24.5 Å². The van der Waals surface area contributed by atoms with Crippen LogP contribution in [0, 0.1) is 0 Å². The fraction of sp³-hybridized carbons (Fsp3) is 0.294. The lowest BCUT2D eigenvalue weighted by atomic mass is 10.2. The molecule has 25 heavy (non-hydrogen) atoms. The Bertz CT molecular complexity index is 693. The van der Waals surface area contributed by atoms with Gasteiger partial charge in [-0.2, -0.15) is 13.2 Å². The van der Waals surface area contributed by atoms with E-state index in [2.05, 4.69) is 10.3 Å². The third-order valence-corrected chi connectivity index (χ3v) is 3.42. The number of benzene rings is 1. The molecular formula is C17H18F3N3O2. The van der Waals surface area contributed by atoms with Crippen molar-refractivity contribution >= 4 is 11.7 Å². The molecule has 1 N–H and O–H groups in total. The third kappa shape index (κ3) is 5.75. The molecule has 134 valence electrons. The molecular weight excluding hydrogens is 335 g/mol. The average molecular weight is 353 g/mol. The van der Waals surface area contributed by atoms with Crippen LogP contribution in [0.5, 0.6) is 0 Å². The maximum Gasteiger partial charge on any atom is 0.416 e. The quantitative estimate of drug-likeness (QED) is 0.860. The molecule has 0 saturated carbocycles. The van der Waals surface area contributed by atoms with Gasteiger partial charge >= 0.3 is 12.2 Å². The van der Waals surface area contributed by atoms with Gasteiger partial charge in [-0.1, -0.05) is 6.07 Å². The van der Waals surface area contributed by atoms with Crippen molar-refractivity contribution in [1.82, 2.24) is 9.88 Å². The van der Waals surface area contributed by atoms with Crippen LogP contribution in [0.2, 0.25) is 0 Å². The maximum absolute atomic E-state index is 12.8. The SMILES string of the molecule is COCCN(Cc1ccncc1)C(=O)Nc1cccc(C(F)(F)F)c1. The number of nitrogens with zero attached hydrogens (tertiary/aromatic N) is 2. The molecule has 1 heterocycles. The minimum absolute atomic E-state index is 0.0805. The molecule has 0 fully saturated rings. The fourth-order valence-corrected chi connectivity index (χ4v) is 2.14. The van der Waals surface area contributed by atoms with Gasteiger partial charge < -0.3 is 15.0 Å². The smallest absolute Gasteiger partial charge is 0.383 e. The van der Waals surface area contributed by atoms with E-state index in [0.717, 1.165) is 17.7 Å². The van der Waals surface area contributed by atoms with Crippen LogP contribution in [-0.2, 0) is 17.5 Å². The van der Waals surface area contributed by atoms with Crippen molar-refractivity contribution in [3.8, 4) is 0 Å². The summed E-state index contributed by atoms with van der Waals surface area (Å²) < 4.78 is 43.3. The molecule has 0 atom stereocenters. The zero-order valence-corrected chi connectivity index (χ0v) is 13.6. The van der Waals surface area contributed by atoms with Crippen LogP contribution >= 0.6 is 0 Å². The standard InChI is InChI=1S/C17H18F3N3O2/c1-25-10-9-23(12-13-5-7-21-8-6-13)16(24)22-15-4-2-3-14(11-15)17(18,19)20/h2-8,11H,9-10,12H2,1H3,(H,22,24). The first-order chi connectivity index (χ1) is 11.9. The number of carbonyl (C=O) groups is 1. The lowest BCUT2D eigenvalue weighted by Gasteiger charge is -2.23. The first kappa shape index (κ1) is 18.7. The first-order valence-electron chi connectivity index (χ1n) is 7.51. The van der Waals surface area contributed by atoms with Crippen molar-refractivity contribution in [2.24, 2.45) is 0 Å². The largest absolute Gasteiger partial charge is 0.416 e. The number of pyridine rings is 1. The lowest BCUT2D eigenvalue weighted by Crippen LogP contribution is -2.36. The Morgan fingerprint density at radius 3 is 2.60 bits per heavy atom. The lowest BCUT2D eigenvalue weighted by molar-refractivity contribution is -0.137. The number of anilines is 1. The van der Waals surface area contributed by atoms with Gasteiger partial charge in [0, 0.05) is 38.3 Å². The highest BCUT2D eigenvalue weighted by molar-refractivity contribution is 5.89. The summed E-state index contributed by atoms with van der Waals surface area (Å²) in [6, 6.07) is 7.53. The number of alkyl halides is 3. The number of hydrogen-bond acceptors (Lipinski definition) is 3. The summed E-state index contributed by atoms with van der Waals surface area (Å²) >= 11 is 0. The highest BCUT2D eigenvalue weighted by atomic mass is 19.4. The minimum Gasteiger partial charge on any atom is -0.383 e. The second-order valence-electron chi connectivity index (χ2n) is 5.28. The van der Waals surface area contributed by atoms with E-state index in [4.69, 9.17) is 4.74 Å². The van der Waals surface area contributed by atoms with Crippen LogP contribution in [0.3, 0.4) is 0 Å². The minimum atomic E-state index is -4.46. The molecule has 0 aliphatic heterocycles. The van der Waals surface area contributed by atoms with Crippen LogP contribution in [0.4, 0.5) is 23.7 Å². The second-order valence-corrected chi connectivity index (χ2v) is 5.28. The highest BCUT2D eigenvalue weighted by Crippen LogP contribution is 2.30. The van der Waals surface area contributed by atoms with Gasteiger partial charge in [-0.3, -0.25) is 4.98 Å². The van der Waals surface area contributed by atoms with Crippen LogP contribution in [-0.4, -0.2) is 36.2 Å². The van der Waals surface area contributed by atoms with E-state index in [-0.39, 0.29) is 12.2 Å². The molecule has 0 spiro atoms. The van der Waals surface area contributed by atoms with Crippen molar-refractivity contribution < 1.29 is 22.7 Å². The molecule has 2 amide bonds. The molecule has 0 unspecified atom stereocenters. The molecule has 1 aromatic heterocycles. The first-order valence-corrected chi connectivity index (χ1v) is 7.51. The van der Waals surface area contributed by atoms with Gasteiger partial charge in [-0.15, -0.1) is 0 Å². The van der Waals surface area contributed by atoms with Gasteiger partial charge in [0.15, 0.2) is 0 Å². The third-order valence-electron chi connectivity index (χ3n) is 3.42. The average Bonchev–Trinajstić information content (AvgIpc) is 2.59. The van der Waals surface area contributed by atoms with Crippen LogP contribution < -0.4 is 5.32 Å². The van der Waals surface area contributed by atoms with Gasteiger partial charge in [-0.25, -0.2) is 4.79 Å². The molecule has 2 aromatic rings. The molecule has 0 bridgehead atoms. The topological polar surface area (TPSA) is 54.5 Å². The number of carbonyl (C=O) groups excluding carboxylic acids is 1. The molecule has 0 saturated heterocycles. The number of aromatic nitrogens is 1. The Kier molecular flexibility index (Phi) is 6.35. The summed E-state index contributed by atoms with van der Waals surface area (Å²) in [5, 5.41) is 2.50. The summed E-state index contributed by atoms with van der Waals surface area (Å²) in [6.45, 7) is 0.890. The van der Waals surface area contributed by atoms with Crippen molar-refractivity contribution in [3.05, 3.63) is 59.9 Å². The van der Waals surface area contributed by atoms with Gasteiger partial charge in [0.1, 0.15) is 0 Å². The molecule has 1 aromatic carbocycles. The van der Waals surface area contributed by atoms with Crippen molar-refractivity contribution in [1.29, 1.82) is 0 Å². The predicted octanol–water partition coefficient (Wildman–Crippen LogP) is 3.78. The predicted molar refractivity (Wildman–Crippen MR) is 87.0 cm³/mol. The number of ether oxygens (including phenoxy) is 1. The Labute approximate surface area is 143 Å². The van der Waals surface area contributed by atoms with Crippen LogP contribution in [0.1, 0.15) is 11.1 Å². The summed E-state index contributed by atoms with van der Waals surface area (Å²) in [5.41, 5.74) is 0.116. The highest BCUT2D eigenvalue weighted by Gasteiger charge is 2.30. The summed E-state index contributed by atoms with van der Waals surface area (Å²) in [5.74, 6) is 0. The Morgan fingerprint density at radius 1 is 1.24 bits per heavy atom. The zero-order valence-electron chi connectivity index (χ0n) is 13.6. The van der Waals surface area contributed by atoms with Gasteiger partial charge in [0.25, 0.3) is 0 Å². The Hall–Kier alpha value is -2.61. The number of amides is 2. The van der Waals surface area contributed by atoms with Gasteiger partial charge in [0.2, 0.25) is 0 Å². The number of halogens is 3. The van der Waals surface area contributed by atoms with E-state index in [1.165, 1.54) is 24.1 Å². The molecule has 0 aliphatic rings. The Balaban J connectivity index is 2.11. The monoisotopic (exact) mass is 353 g/mol. The van der Waals surface area contributed by atoms with E-state index < -0.39 is 17.8 Å².